The second-order valence-corrected chi connectivity index (χ2v) is 6.34. The fourth-order valence-electron chi connectivity index (χ4n) is 2.31. The molecule has 0 spiro atoms. The molecule has 20 heavy (non-hydrogen) atoms. The summed E-state index contributed by atoms with van der Waals surface area (Å²) < 4.78 is 13.0. The maximum atomic E-state index is 13.0. The third-order valence-electron chi connectivity index (χ3n) is 3.37. The highest BCUT2D eigenvalue weighted by Crippen LogP contribution is 2.22. The van der Waals surface area contributed by atoms with E-state index in [4.69, 9.17) is 0 Å². The summed E-state index contributed by atoms with van der Waals surface area (Å²) in [6, 6.07) is 7.25. The van der Waals surface area contributed by atoms with Gasteiger partial charge < -0.3 is 5.32 Å². The van der Waals surface area contributed by atoms with Gasteiger partial charge >= 0.3 is 0 Å². The second kappa shape index (κ2) is 8.21. The fourth-order valence-corrected chi connectivity index (χ4v) is 2.31. The number of hydrogen-bond donors (Lipinski definition) is 1. The summed E-state index contributed by atoms with van der Waals surface area (Å²) in [5.74, 6) is 0.889. The Bertz CT molecular complexity index is 416. The minimum absolute atomic E-state index is 0.167. The van der Waals surface area contributed by atoms with E-state index in [2.05, 4.69) is 46.0 Å². The summed E-state index contributed by atoms with van der Waals surface area (Å²) in [5, 5.41) is 3.61. The van der Waals surface area contributed by atoms with Crippen LogP contribution in [0.4, 0.5) is 4.39 Å². The predicted molar refractivity (Wildman–Crippen MR) is 85.5 cm³/mol. The van der Waals surface area contributed by atoms with Crippen molar-refractivity contribution in [2.75, 3.05) is 6.54 Å². The molecule has 2 atom stereocenters. The van der Waals surface area contributed by atoms with Gasteiger partial charge in [-0.2, -0.15) is 0 Å². The summed E-state index contributed by atoms with van der Waals surface area (Å²) in [6.07, 6.45) is 3.33. The van der Waals surface area contributed by atoms with Crippen LogP contribution in [0.5, 0.6) is 0 Å². The van der Waals surface area contributed by atoms with Crippen LogP contribution in [0.25, 0.3) is 0 Å². The number of rotatable bonds is 7. The molecular weight excluding hydrogens is 249 g/mol. The topological polar surface area (TPSA) is 12.0 Å². The Labute approximate surface area is 123 Å². The van der Waals surface area contributed by atoms with Crippen molar-refractivity contribution < 1.29 is 4.39 Å². The monoisotopic (exact) mass is 277 g/mol. The zero-order valence-electron chi connectivity index (χ0n) is 13.4. The van der Waals surface area contributed by atoms with Crippen molar-refractivity contribution in [1.29, 1.82) is 0 Å². The van der Waals surface area contributed by atoms with Crippen LogP contribution in [0.2, 0.25) is 0 Å². The van der Waals surface area contributed by atoms with Crippen molar-refractivity contribution >= 4 is 0 Å². The lowest BCUT2D eigenvalue weighted by molar-refractivity contribution is 0.468. The molecule has 0 aliphatic rings. The smallest absolute Gasteiger partial charge is 0.123 e. The first-order valence-corrected chi connectivity index (χ1v) is 7.52. The first kappa shape index (κ1) is 16.9. The minimum atomic E-state index is -0.167. The van der Waals surface area contributed by atoms with Crippen molar-refractivity contribution in [3.05, 3.63) is 47.3 Å². The lowest BCUT2D eigenvalue weighted by atomic mass is 9.93. The van der Waals surface area contributed by atoms with Crippen LogP contribution in [0, 0.1) is 11.7 Å². The van der Waals surface area contributed by atoms with Gasteiger partial charge in [-0.25, -0.2) is 4.39 Å². The van der Waals surface area contributed by atoms with E-state index in [1.807, 2.05) is 12.1 Å². The zero-order valence-corrected chi connectivity index (χ0v) is 13.4. The summed E-state index contributed by atoms with van der Waals surface area (Å²) in [6.45, 7) is 11.9. The number of halogens is 1. The van der Waals surface area contributed by atoms with Gasteiger partial charge in [-0.3, -0.25) is 0 Å². The van der Waals surface area contributed by atoms with Crippen LogP contribution < -0.4 is 5.32 Å². The normalized spacial score (nSPS) is 14.2. The van der Waals surface area contributed by atoms with E-state index < -0.39 is 0 Å². The molecule has 0 saturated heterocycles. The average molecular weight is 277 g/mol. The molecular formula is C18H28FN. The first-order valence-electron chi connectivity index (χ1n) is 7.52. The van der Waals surface area contributed by atoms with E-state index in [0.717, 1.165) is 13.0 Å². The van der Waals surface area contributed by atoms with E-state index >= 15 is 0 Å². The van der Waals surface area contributed by atoms with Crippen molar-refractivity contribution in [3.8, 4) is 0 Å². The Kier molecular flexibility index (Phi) is 6.94. The van der Waals surface area contributed by atoms with Crippen molar-refractivity contribution in [1.82, 2.24) is 5.32 Å². The highest BCUT2D eigenvalue weighted by atomic mass is 19.1. The fraction of sp³-hybridized carbons (Fsp3) is 0.556. The largest absolute Gasteiger partial charge is 0.310 e. The highest BCUT2D eigenvalue weighted by molar-refractivity contribution is 5.20. The van der Waals surface area contributed by atoms with Crippen LogP contribution in [0.15, 0.2) is 35.9 Å². The van der Waals surface area contributed by atoms with Crippen LogP contribution in [-0.4, -0.2) is 12.6 Å². The first-order chi connectivity index (χ1) is 9.38. The molecule has 0 aliphatic heterocycles. The zero-order chi connectivity index (χ0) is 15.1. The summed E-state index contributed by atoms with van der Waals surface area (Å²) in [7, 11) is 0. The van der Waals surface area contributed by atoms with E-state index in [1.165, 1.54) is 11.1 Å². The molecule has 1 aromatic carbocycles. The molecule has 112 valence electrons. The van der Waals surface area contributed by atoms with Gasteiger partial charge in [0.1, 0.15) is 5.82 Å². The van der Waals surface area contributed by atoms with Crippen molar-refractivity contribution in [3.63, 3.8) is 0 Å². The lowest BCUT2D eigenvalue weighted by Crippen LogP contribution is -2.32. The van der Waals surface area contributed by atoms with Gasteiger partial charge in [-0.15, -0.1) is 0 Å². The van der Waals surface area contributed by atoms with E-state index in [0.29, 0.717) is 17.9 Å². The van der Waals surface area contributed by atoms with E-state index in [1.54, 1.807) is 12.1 Å². The Balaban J connectivity index is 2.67. The Morgan fingerprint density at radius 1 is 1.15 bits per heavy atom. The molecule has 0 radical (unpaired) electrons. The van der Waals surface area contributed by atoms with Crippen LogP contribution in [0.1, 0.15) is 52.5 Å². The average Bonchev–Trinajstić information content (AvgIpc) is 2.36. The Morgan fingerprint density at radius 3 is 2.25 bits per heavy atom. The number of benzene rings is 1. The third-order valence-corrected chi connectivity index (χ3v) is 3.37. The molecule has 0 saturated carbocycles. The predicted octanol–water partition coefficient (Wildman–Crippen LogP) is 4.90. The summed E-state index contributed by atoms with van der Waals surface area (Å²) >= 11 is 0. The minimum Gasteiger partial charge on any atom is -0.310 e. The summed E-state index contributed by atoms with van der Waals surface area (Å²) in [4.78, 5) is 0. The van der Waals surface area contributed by atoms with Gasteiger partial charge in [0.25, 0.3) is 0 Å². The highest BCUT2D eigenvalue weighted by Gasteiger charge is 2.13. The number of hydrogen-bond acceptors (Lipinski definition) is 1. The van der Waals surface area contributed by atoms with Crippen LogP contribution in [-0.2, 0) is 0 Å². The van der Waals surface area contributed by atoms with Crippen molar-refractivity contribution in [2.24, 2.45) is 5.92 Å². The SMILES string of the molecule is CC(C)=CC(C[C@H](C)c1ccc(F)cc1)NCC(C)C. The van der Waals surface area contributed by atoms with Gasteiger partial charge in [0.05, 0.1) is 0 Å². The maximum absolute atomic E-state index is 13.0. The Hall–Kier alpha value is -1.15. The quantitative estimate of drug-likeness (QED) is 0.699. The molecule has 2 heteroatoms. The molecule has 0 bridgehead atoms. The standard InChI is InChI=1S/C18H28FN/c1-13(2)10-18(20-12-14(3)4)11-15(5)16-6-8-17(19)9-7-16/h6-10,14-15,18,20H,11-12H2,1-5H3/t15-,18?/m0/s1. The van der Waals surface area contributed by atoms with Gasteiger partial charge in [0, 0.05) is 6.04 Å². The molecule has 0 amide bonds. The van der Waals surface area contributed by atoms with Gasteiger partial charge in [-0.1, -0.05) is 44.6 Å². The summed E-state index contributed by atoms with van der Waals surface area (Å²) in [5.41, 5.74) is 2.53. The Morgan fingerprint density at radius 2 is 1.75 bits per heavy atom. The lowest BCUT2D eigenvalue weighted by Gasteiger charge is -2.21. The van der Waals surface area contributed by atoms with Crippen LogP contribution >= 0.6 is 0 Å². The molecule has 0 fully saturated rings. The van der Waals surface area contributed by atoms with E-state index in [-0.39, 0.29) is 5.82 Å². The molecule has 0 heterocycles. The molecule has 1 aromatic rings. The molecule has 1 N–H and O–H groups in total. The van der Waals surface area contributed by atoms with Crippen molar-refractivity contribution in [2.45, 2.75) is 53.0 Å². The van der Waals surface area contributed by atoms with Gasteiger partial charge in [0.15, 0.2) is 0 Å². The van der Waals surface area contributed by atoms with Gasteiger partial charge in [0.2, 0.25) is 0 Å². The maximum Gasteiger partial charge on any atom is 0.123 e. The molecule has 1 unspecified atom stereocenters. The number of nitrogens with one attached hydrogen (secondary N) is 1. The second-order valence-electron chi connectivity index (χ2n) is 6.34. The van der Waals surface area contributed by atoms with Crippen LogP contribution in [0.3, 0.4) is 0 Å². The third kappa shape index (κ3) is 6.33. The molecule has 0 aromatic heterocycles. The molecule has 1 rings (SSSR count). The molecule has 1 nitrogen and oxygen atoms in total. The van der Waals surface area contributed by atoms with E-state index in [9.17, 15) is 4.39 Å². The van der Waals surface area contributed by atoms with Gasteiger partial charge in [-0.05, 0) is 56.3 Å². The number of allylic oxidation sites excluding steroid dienone is 1. The molecule has 0 aliphatic carbocycles.